The topological polar surface area (TPSA) is 76.0 Å². The van der Waals surface area contributed by atoms with Gasteiger partial charge in [-0.05, 0) is 37.5 Å². The number of ketones is 2. The minimum absolute atomic E-state index is 0.273. The normalized spacial score (nSPS) is 23.4. The second kappa shape index (κ2) is 7.72. The Hall–Kier alpha value is -4.06. The van der Waals surface area contributed by atoms with Gasteiger partial charge in [-0.2, -0.15) is 5.10 Å². The first-order valence-electron chi connectivity index (χ1n) is 12.1. The molecule has 1 fully saturated rings. The second-order valence-electron chi connectivity index (χ2n) is 10.6. The van der Waals surface area contributed by atoms with Crippen LogP contribution in [0.2, 0.25) is 0 Å². The maximum Gasteiger partial charge on any atom is 0.331 e. The maximum atomic E-state index is 14.5. The molecule has 3 atom stereocenters. The third-order valence-corrected chi connectivity index (χ3v) is 7.38. The summed E-state index contributed by atoms with van der Waals surface area (Å²) in [4.78, 5) is 42.8. The average molecular weight is 479 g/mol. The van der Waals surface area contributed by atoms with Crippen molar-refractivity contribution in [2.45, 2.75) is 44.4 Å². The van der Waals surface area contributed by atoms with Gasteiger partial charge in [0.1, 0.15) is 11.0 Å². The summed E-state index contributed by atoms with van der Waals surface area (Å²) >= 11 is 0. The van der Waals surface area contributed by atoms with Crippen molar-refractivity contribution in [3.8, 4) is 0 Å². The van der Waals surface area contributed by atoms with Crippen LogP contribution < -0.4 is 0 Å². The highest BCUT2D eigenvalue weighted by atomic mass is 16.6. The van der Waals surface area contributed by atoms with Crippen molar-refractivity contribution in [1.82, 2.24) is 5.01 Å². The molecule has 0 amide bonds. The Bertz CT molecular complexity index is 1400. The summed E-state index contributed by atoms with van der Waals surface area (Å²) in [6.07, 6.45) is 1.70. The second-order valence-corrected chi connectivity index (χ2v) is 10.6. The van der Waals surface area contributed by atoms with E-state index in [1.807, 2.05) is 54.6 Å². The van der Waals surface area contributed by atoms with E-state index in [2.05, 4.69) is 0 Å². The quantitative estimate of drug-likeness (QED) is 0.385. The third-order valence-electron chi connectivity index (χ3n) is 7.38. The van der Waals surface area contributed by atoms with Crippen LogP contribution in [0.25, 0.3) is 0 Å². The van der Waals surface area contributed by atoms with Crippen molar-refractivity contribution < 1.29 is 19.1 Å². The van der Waals surface area contributed by atoms with E-state index in [1.54, 1.807) is 56.3 Å². The maximum absolute atomic E-state index is 14.5. The number of rotatable bonds is 2. The number of fused-ring (bicyclic) bond motifs is 5. The van der Waals surface area contributed by atoms with Crippen LogP contribution >= 0.6 is 0 Å². The Labute approximate surface area is 209 Å². The molecule has 3 aliphatic rings. The van der Waals surface area contributed by atoms with Gasteiger partial charge < -0.3 is 4.74 Å². The van der Waals surface area contributed by atoms with Crippen LogP contribution in [0.4, 0.5) is 0 Å². The van der Waals surface area contributed by atoms with Crippen molar-refractivity contribution in [1.29, 1.82) is 0 Å². The molecule has 2 heterocycles. The van der Waals surface area contributed by atoms with Gasteiger partial charge in [0.25, 0.3) is 0 Å². The molecule has 0 bridgehead atoms. The number of benzene rings is 3. The SMILES string of the molecule is CC(C)(C)OC(=O)C1C(c2ccccc2)C2(C(=O)c3ccccc3C2=O)C2c3ccccc3C=NN12. The van der Waals surface area contributed by atoms with Gasteiger partial charge >= 0.3 is 5.97 Å². The zero-order chi connectivity index (χ0) is 25.2. The fourth-order valence-electron chi connectivity index (χ4n) is 6.14. The fraction of sp³-hybridized carbons (Fsp3) is 0.267. The van der Waals surface area contributed by atoms with Crippen molar-refractivity contribution in [3.63, 3.8) is 0 Å². The largest absolute Gasteiger partial charge is 0.458 e. The lowest BCUT2D eigenvalue weighted by Gasteiger charge is -2.36. The van der Waals surface area contributed by atoms with Crippen molar-refractivity contribution in [2.75, 3.05) is 0 Å². The molecule has 3 unspecified atom stereocenters. The first-order valence-corrected chi connectivity index (χ1v) is 12.1. The molecule has 1 spiro atoms. The lowest BCUT2D eigenvalue weighted by atomic mass is 9.63. The molecular formula is C30H26N2O4. The van der Waals surface area contributed by atoms with Crippen LogP contribution in [0.5, 0.6) is 0 Å². The van der Waals surface area contributed by atoms with Crippen molar-refractivity contribution >= 4 is 23.8 Å². The highest BCUT2D eigenvalue weighted by molar-refractivity contribution is 6.31. The van der Waals surface area contributed by atoms with Gasteiger partial charge in [-0.25, -0.2) is 4.79 Å². The molecule has 0 N–H and O–H groups in total. The minimum atomic E-state index is -1.57. The molecule has 180 valence electrons. The van der Waals surface area contributed by atoms with Gasteiger partial charge in [-0.3, -0.25) is 14.6 Å². The predicted octanol–water partition coefficient (Wildman–Crippen LogP) is 4.95. The summed E-state index contributed by atoms with van der Waals surface area (Å²) in [7, 11) is 0. The van der Waals surface area contributed by atoms with Gasteiger partial charge in [0.15, 0.2) is 17.6 Å². The van der Waals surface area contributed by atoms with Crippen molar-refractivity contribution in [2.24, 2.45) is 10.5 Å². The summed E-state index contributed by atoms with van der Waals surface area (Å²) in [6.45, 7) is 5.42. The van der Waals surface area contributed by atoms with Crippen LogP contribution in [0.3, 0.4) is 0 Å². The van der Waals surface area contributed by atoms with Crippen LogP contribution in [-0.2, 0) is 9.53 Å². The summed E-state index contributed by atoms with van der Waals surface area (Å²) in [5.74, 6) is -1.85. The molecule has 3 aromatic rings. The monoisotopic (exact) mass is 478 g/mol. The number of carbonyl (C=O) groups is 3. The predicted molar refractivity (Wildman–Crippen MR) is 135 cm³/mol. The summed E-state index contributed by atoms with van der Waals surface area (Å²) in [5.41, 5.74) is 0.805. The van der Waals surface area contributed by atoms with E-state index in [-0.39, 0.29) is 11.6 Å². The standard InChI is InChI=1S/C30H26N2O4/c1-29(2,3)36-28(35)24-23(18-11-5-4-6-12-18)30(26(33)21-15-9-10-16-22(21)27(30)34)25-20-14-8-7-13-19(20)17-31-32(24)25/h4-17,23-25H,1-3H3. The molecule has 1 aliphatic carbocycles. The van der Waals surface area contributed by atoms with Crippen LogP contribution in [0.1, 0.15) is 70.1 Å². The first-order chi connectivity index (χ1) is 17.2. The molecule has 3 aromatic carbocycles. The van der Waals surface area contributed by atoms with E-state index < -0.39 is 35.0 Å². The van der Waals surface area contributed by atoms with E-state index in [0.717, 1.165) is 16.7 Å². The first kappa shape index (κ1) is 22.4. The fourth-order valence-corrected chi connectivity index (χ4v) is 6.14. The number of ether oxygens (including phenoxy) is 1. The van der Waals surface area contributed by atoms with E-state index in [9.17, 15) is 14.4 Å². The Morgan fingerprint density at radius 3 is 2.08 bits per heavy atom. The van der Waals surface area contributed by atoms with Gasteiger partial charge in [-0.15, -0.1) is 0 Å². The zero-order valence-electron chi connectivity index (χ0n) is 20.3. The van der Waals surface area contributed by atoms with E-state index in [1.165, 1.54) is 0 Å². The molecule has 36 heavy (non-hydrogen) atoms. The van der Waals surface area contributed by atoms with Crippen LogP contribution in [-0.4, -0.2) is 40.4 Å². The molecule has 6 heteroatoms. The Morgan fingerprint density at radius 1 is 0.861 bits per heavy atom. The molecular weight excluding hydrogens is 452 g/mol. The average Bonchev–Trinajstić information content (AvgIpc) is 3.30. The van der Waals surface area contributed by atoms with Crippen molar-refractivity contribution in [3.05, 3.63) is 107 Å². The highest BCUT2D eigenvalue weighted by Crippen LogP contribution is 2.64. The number of esters is 1. The van der Waals surface area contributed by atoms with Gasteiger partial charge in [0, 0.05) is 17.0 Å². The highest BCUT2D eigenvalue weighted by Gasteiger charge is 2.73. The van der Waals surface area contributed by atoms with Gasteiger partial charge in [-0.1, -0.05) is 78.9 Å². The number of hydrogen-bond donors (Lipinski definition) is 0. The number of carbonyl (C=O) groups excluding carboxylic acids is 3. The Balaban J connectivity index is 1.67. The Kier molecular flexibility index (Phi) is 4.80. The molecule has 2 aliphatic heterocycles. The minimum Gasteiger partial charge on any atom is -0.458 e. The van der Waals surface area contributed by atoms with Crippen LogP contribution in [0, 0.1) is 5.41 Å². The summed E-state index contributed by atoms with van der Waals surface area (Å²) in [6, 6.07) is 22.2. The van der Waals surface area contributed by atoms with E-state index in [0.29, 0.717) is 11.1 Å². The van der Waals surface area contributed by atoms with Gasteiger partial charge in [0.05, 0.1) is 12.3 Å². The lowest BCUT2D eigenvalue weighted by Crippen LogP contribution is -2.44. The zero-order valence-corrected chi connectivity index (χ0v) is 20.3. The van der Waals surface area contributed by atoms with Crippen LogP contribution in [0.15, 0.2) is 84.0 Å². The lowest BCUT2D eigenvalue weighted by molar-refractivity contribution is -0.161. The molecule has 6 rings (SSSR count). The molecule has 1 saturated heterocycles. The summed E-state index contributed by atoms with van der Waals surface area (Å²) < 4.78 is 5.88. The smallest absolute Gasteiger partial charge is 0.331 e. The van der Waals surface area contributed by atoms with E-state index >= 15 is 0 Å². The number of hydrogen-bond acceptors (Lipinski definition) is 6. The molecule has 0 aromatic heterocycles. The molecule has 0 radical (unpaired) electrons. The number of Topliss-reactive ketones (excluding diaryl/α,β-unsaturated/α-hetero) is 2. The molecule has 6 nitrogen and oxygen atoms in total. The Morgan fingerprint density at radius 2 is 1.44 bits per heavy atom. The number of hydrazone groups is 1. The third kappa shape index (κ3) is 2.97. The summed E-state index contributed by atoms with van der Waals surface area (Å²) in [5, 5.41) is 6.34. The van der Waals surface area contributed by atoms with Gasteiger partial charge in [0.2, 0.25) is 0 Å². The molecule has 0 saturated carbocycles. The number of nitrogens with zero attached hydrogens (tertiary/aromatic N) is 2. The van der Waals surface area contributed by atoms with E-state index in [4.69, 9.17) is 9.84 Å².